The fourth-order valence-electron chi connectivity index (χ4n) is 0.555. The Hall–Kier alpha value is -0.340. The summed E-state index contributed by atoms with van der Waals surface area (Å²) in [6.07, 6.45) is -3.32. The molecule has 0 fully saturated rings. The summed E-state index contributed by atoms with van der Waals surface area (Å²) in [4.78, 5) is 0. The predicted molar refractivity (Wildman–Crippen MR) is 41.8 cm³/mol. The third kappa shape index (κ3) is 11.7. The fraction of sp³-hybridized carbons (Fsp3) is 1.00. The van der Waals surface area contributed by atoms with Gasteiger partial charge in [-0.1, -0.05) is 0 Å². The first kappa shape index (κ1) is 12.7. The van der Waals surface area contributed by atoms with Crippen LogP contribution in [-0.2, 0) is 10.0 Å². The first-order chi connectivity index (χ1) is 5.71. The van der Waals surface area contributed by atoms with E-state index in [9.17, 15) is 21.6 Å². The monoisotopic (exact) mass is 220 g/mol. The van der Waals surface area contributed by atoms with Crippen molar-refractivity contribution in [2.75, 3.05) is 25.9 Å². The first-order valence-electron chi connectivity index (χ1n) is 3.43. The van der Waals surface area contributed by atoms with E-state index in [-0.39, 0.29) is 13.1 Å². The fourth-order valence-corrected chi connectivity index (χ4v) is 1.03. The molecule has 0 saturated carbocycles. The van der Waals surface area contributed by atoms with Crippen LogP contribution < -0.4 is 10.0 Å². The molecule has 2 N–H and O–H groups in total. The van der Waals surface area contributed by atoms with Crippen LogP contribution in [0.15, 0.2) is 0 Å². The zero-order valence-corrected chi connectivity index (χ0v) is 7.80. The lowest BCUT2D eigenvalue weighted by Gasteiger charge is -2.07. The van der Waals surface area contributed by atoms with Gasteiger partial charge in [0.15, 0.2) is 0 Å². The first-order valence-corrected chi connectivity index (χ1v) is 5.32. The summed E-state index contributed by atoms with van der Waals surface area (Å²) in [6, 6.07) is 0. The van der Waals surface area contributed by atoms with Crippen molar-refractivity contribution in [1.82, 2.24) is 10.0 Å². The number of alkyl halides is 3. The van der Waals surface area contributed by atoms with E-state index in [1.165, 1.54) is 0 Å². The number of hydrogen-bond donors (Lipinski definition) is 2. The molecule has 0 bridgehead atoms. The van der Waals surface area contributed by atoms with Crippen LogP contribution in [0.25, 0.3) is 0 Å². The average molecular weight is 220 g/mol. The number of sulfonamides is 1. The second-order valence-electron chi connectivity index (χ2n) is 2.46. The van der Waals surface area contributed by atoms with Crippen LogP contribution in [0.4, 0.5) is 13.2 Å². The molecule has 8 heteroatoms. The van der Waals surface area contributed by atoms with E-state index in [4.69, 9.17) is 0 Å². The molecular weight excluding hydrogens is 209 g/mol. The Morgan fingerprint density at radius 1 is 1.23 bits per heavy atom. The molecule has 4 nitrogen and oxygen atoms in total. The molecule has 0 heterocycles. The minimum atomic E-state index is -4.26. The highest BCUT2D eigenvalue weighted by Gasteiger charge is 2.25. The lowest BCUT2D eigenvalue weighted by atomic mass is 10.6. The van der Waals surface area contributed by atoms with Crippen LogP contribution in [0, 0.1) is 0 Å². The lowest BCUT2D eigenvalue weighted by molar-refractivity contribution is -0.124. The van der Waals surface area contributed by atoms with Crippen LogP contribution in [-0.4, -0.2) is 40.5 Å². The molecule has 13 heavy (non-hydrogen) atoms. The van der Waals surface area contributed by atoms with Crippen molar-refractivity contribution in [1.29, 1.82) is 0 Å². The summed E-state index contributed by atoms with van der Waals surface area (Å²) in [5.41, 5.74) is 0. The molecule has 0 aliphatic carbocycles. The summed E-state index contributed by atoms with van der Waals surface area (Å²) < 4.78 is 57.5. The van der Waals surface area contributed by atoms with Gasteiger partial charge in [0.2, 0.25) is 10.0 Å². The van der Waals surface area contributed by atoms with Gasteiger partial charge in [-0.15, -0.1) is 0 Å². The summed E-state index contributed by atoms with van der Waals surface area (Å²) in [5, 5.41) is 2.05. The van der Waals surface area contributed by atoms with Crippen molar-refractivity contribution in [2.24, 2.45) is 0 Å². The zero-order chi connectivity index (χ0) is 10.5. The highest BCUT2D eigenvalue weighted by Crippen LogP contribution is 2.11. The standard InChI is InChI=1S/C5H11F3N2O2S/c1-13(11,12)10-3-2-9-4-5(6,7)8/h9-10H,2-4H2,1H3. The molecule has 0 aromatic rings. The van der Waals surface area contributed by atoms with Gasteiger partial charge in [0, 0.05) is 13.1 Å². The predicted octanol–water partition coefficient (Wildman–Crippen LogP) is -0.313. The van der Waals surface area contributed by atoms with E-state index in [0.717, 1.165) is 6.26 Å². The summed E-state index contributed by atoms with van der Waals surface area (Å²) in [6.45, 7) is -1.21. The van der Waals surface area contributed by atoms with Crippen LogP contribution >= 0.6 is 0 Å². The normalized spacial score (nSPS) is 13.2. The van der Waals surface area contributed by atoms with Crippen LogP contribution in [0.2, 0.25) is 0 Å². The average Bonchev–Trinajstić information content (AvgIpc) is 1.81. The van der Waals surface area contributed by atoms with Gasteiger partial charge in [0.05, 0.1) is 12.8 Å². The van der Waals surface area contributed by atoms with Crippen LogP contribution in [0.1, 0.15) is 0 Å². The Bertz CT molecular complexity index is 237. The molecule has 0 atom stereocenters. The Kier molecular flexibility index (Phi) is 4.65. The van der Waals surface area contributed by atoms with Gasteiger partial charge in [0.25, 0.3) is 0 Å². The molecule has 0 saturated heterocycles. The summed E-state index contributed by atoms with van der Waals surface area (Å²) in [7, 11) is -3.31. The molecular formula is C5H11F3N2O2S. The van der Waals surface area contributed by atoms with Gasteiger partial charge >= 0.3 is 6.18 Å². The topological polar surface area (TPSA) is 58.2 Å². The SMILES string of the molecule is CS(=O)(=O)NCCNCC(F)(F)F. The van der Waals surface area contributed by atoms with E-state index in [1.54, 1.807) is 0 Å². The maximum Gasteiger partial charge on any atom is 0.401 e. The molecule has 0 unspecified atom stereocenters. The molecule has 0 spiro atoms. The molecule has 0 amide bonds. The van der Waals surface area contributed by atoms with Crippen molar-refractivity contribution >= 4 is 10.0 Å². The molecule has 0 aromatic carbocycles. The van der Waals surface area contributed by atoms with Crippen LogP contribution in [0.3, 0.4) is 0 Å². The molecule has 0 aromatic heterocycles. The summed E-state index contributed by atoms with van der Waals surface area (Å²) >= 11 is 0. The van der Waals surface area contributed by atoms with E-state index in [2.05, 4.69) is 4.72 Å². The third-order valence-electron chi connectivity index (χ3n) is 0.991. The molecule has 0 rings (SSSR count). The van der Waals surface area contributed by atoms with Crippen molar-refractivity contribution in [3.05, 3.63) is 0 Å². The molecule has 0 aliphatic rings. The highest BCUT2D eigenvalue weighted by molar-refractivity contribution is 7.88. The maximum absolute atomic E-state index is 11.5. The smallest absolute Gasteiger partial charge is 0.307 e. The van der Waals surface area contributed by atoms with Gasteiger partial charge in [-0.3, -0.25) is 0 Å². The maximum atomic E-state index is 11.5. The number of hydrogen-bond acceptors (Lipinski definition) is 3. The van der Waals surface area contributed by atoms with Crippen molar-refractivity contribution in [2.45, 2.75) is 6.18 Å². The minimum absolute atomic E-state index is 0.0467. The Morgan fingerprint density at radius 3 is 2.15 bits per heavy atom. The van der Waals surface area contributed by atoms with Gasteiger partial charge in [-0.2, -0.15) is 13.2 Å². The quantitative estimate of drug-likeness (QED) is 0.625. The Labute approximate surface area is 74.6 Å². The van der Waals surface area contributed by atoms with Gasteiger partial charge in [0.1, 0.15) is 0 Å². The number of halogens is 3. The van der Waals surface area contributed by atoms with E-state index < -0.39 is 22.7 Å². The Balaban J connectivity index is 3.39. The largest absolute Gasteiger partial charge is 0.401 e. The van der Waals surface area contributed by atoms with Gasteiger partial charge in [-0.25, -0.2) is 13.1 Å². The zero-order valence-electron chi connectivity index (χ0n) is 6.98. The van der Waals surface area contributed by atoms with E-state index in [0.29, 0.717) is 0 Å². The Morgan fingerprint density at radius 2 is 1.77 bits per heavy atom. The highest BCUT2D eigenvalue weighted by atomic mass is 32.2. The number of nitrogens with one attached hydrogen (secondary N) is 2. The second-order valence-corrected chi connectivity index (χ2v) is 4.29. The molecule has 0 radical (unpaired) electrons. The van der Waals surface area contributed by atoms with E-state index in [1.807, 2.05) is 5.32 Å². The lowest BCUT2D eigenvalue weighted by Crippen LogP contribution is -2.35. The van der Waals surface area contributed by atoms with E-state index >= 15 is 0 Å². The molecule has 80 valence electrons. The second kappa shape index (κ2) is 4.77. The van der Waals surface area contributed by atoms with Crippen molar-refractivity contribution in [3.8, 4) is 0 Å². The number of rotatable bonds is 5. The van der Waals surface area contributed by atoms with Gasteiger partial charge in [-0.05, 0) is 0 Å². The van der Waals surface area contributed by atoms with Crippen molar-refractivity contribution < 1.29 is 21.6 Å². The van der Waals surface area contributed by atoms with Crippen LogP contribution in [0.5, 0.6) is 0 Å². The molecule has 0 aliphatic heterocycles. The van der Waals surface area contributed by atoms with Gasteiger partial charge < -0.3 is 5.32 Å². The summed E-state index contributed by atoms with van der Waals surface area (Å²) in [5.74, 6) is 0. The third-order valence-corrected chi connectivity index (χ3v) is 1.72. The minimum Gasteiger partial charge on any atom is -0.307 e. The van der Waals surface area contributed by atoms with Crippen molar-refractivity contribution in [3.63, 3.8) is 0 Å².